The number of aromatic nitrogens is 3. The fourth-order valence-electron chi connectivity index (χ4n) is 2.43. The van der Waals surface area contributed by atoms with E-state index in [0.717, 1.165) is 12.1 Å². The number of halogens is 6. The number of nitrogens with one attached hydrogen (secondary N) is 1. The van der Waals surface area contributed by atoms with E-state index in [1.54, 1.807) is 29.5 Å². The number of hydrogen-bond donors (Lipinski definition) is 1. The second-order valence-corrected chi connectivity index (χ2v) is 6.29. The Labute approximate surface area is 169 Å². The summed E-state index contributed by atoms with van der Waals surface area (Å²) < 4.78 is 69.9. The number of esters is 2. The fraction of sp³-hybridized carbons (Fsp3) is 0.111. The van der Waals surface area contributed by atoms with E-state index in [-0.39, 0.29) is 0 Å². The first-order valence-electron chi connectivity index (χ1n) is 7.99. The van der Waals surface area contributed by atoms with Crippen LogP contribution in [0.2, 0.25) is 5.02 Å². The number of benzene rings is 2. The van der Waals surface area contributed by atoms with Crippen LogP contribution in [0, 0.1) is 0 Å². The van der Waals surface area contributed by atoms with Crippen molar-refractivity contribution in [2.24, 2.45) is 0 Å². The van der Waals surface area contributed by atoms with Crippen LogP contribution in [0.4, 0.5) is 22.0 Å². The zero-order valence-corrected chi connectivity index (χ0v) is 15.3. The lowest BCUT2D eigenvalue weighted by Crippen LogP contribution is -2.29. The average Bonchev–Trinajstić information content (AvgIpc) is 3.19. The van der Waals surface area contributed by atoms with Crippen molar-refractivity contribution in [1.29, 1.82) is 0 Å². The highest BCUT2D eigenvalue weighted by molar-refractivity contribution is 6.30. The molecule has 30 heavy (non-hydrogen) atoms. The lowest BCUT2D eigenvalue weighted by Gasteiger charge is -2.15. The molecule has 0 aliphatic rings. The molecule has 1 aromatic heterocycles. The normalized spacial score (nSPS) is 11.9. The minimum absolute atomic E-state index is 0.497. The van der Waals surface area contributed by atoms with Crippen LogP contribution in [0.15, 0.2) is 48.5 Å². The second kappa shape index (κ2) is 7.82. The number of ether oxygens (including phenoxy) is 1. The van der Waals surface area contributed by atoms with Crippen molar-refractivity contribution in [3.05, 3.63) is 70.5 Å². The topological polar surface area (TPSA) is 84.9 Å². The molecule has 0 aliphatic carbocycles. The van der Waals surface area contributed by atoms with E-state index in [0.29, 0.717) is 16.1 Å². The summed E-state index contributed by atoms with van der Waals surface area (Å²) in [6.07, 6.45) is -5.49. The molecular formula is C18H9ClF5N3O3. The van der Waals surface area contributed by atoms with Crippen LogP contribution in [-0.4, -0.2) is 33.5 Å². The van der Waals surface area contributed by atoms with Crippen molar-refractivity contribution >= 4 is 23.5 Å². The van der Waals surface area contributed by atoms with Crippen molar-refractivity contribution in [3.63, 3.8) is 0 Å². The molecule has 0 aliphatic heterocycles. The van der Waals surface area contributed by atoms with Gasteiger partial charge in [0.1, 0.15) is 0 Å². The highest BCUT2D eigenvalue weighted by Gasteiger charge is 2.46. The number of hydrogen-bond acceptors (Lipinski definition) is 5. The molecule has 6 nitrogen and oxygen atoms in total. The molecule has 0 spiro atoms. The molecule has 3 aromatic rings. The zero-order valence-electron chi connectivity index (χ0n) is 14.5. The minimum atomic E-state index is -5.49. The van der Waals surface area contributed by atoms with Gasteiger partial charge in [0.2, 0.25) is 5.69 Å². The molecule has 0 amide bonds. The van der Waals surface area contributed by atoms with Gasteiger partial charge >= 0.3 is 24.0 Å². The largest absolute Gasteiger partial charge is 0.491 e. The van der Waals surface area contributed by atoms with Crippen LogP contribution in [0.3, 0.4) is 0 Å². The summed E-state index contributed by atoms with van der Waals surface area (Å²) in [5.41, 5.74) is -1.88. The summed E-state index contributed by atoms with van der Waals surface area (Å²) in [7, 11) is 0. The number of aromatic amines is 1. The molecule has 1 N–H and O–H groups in total. The second-order valence-electron chi connectivity index (χ2n) is 5.85. The van der Waals surface area contributed by atoms with Crippen LogP contribution in [0.1, 0.15) is 21.7 Å². The summed E-state index contributed by atoms with van der Waals surface area (Å²) in [5, 5.41) is 8.46. The predicted octanol–water partition coefficient (Wildman–Crippen LogP) is 4.51. The summed E-state index contributed by atoms with van der Waals surface area (Å²) in [6, 6.07) is 11.4. The van der Waals surface area contributed by atoms with Crippen molar-refractivity contribution < 1.29 is 36.3 Å². The highest BCUT2D eigenvalue weighted by atomic mass is 35.5. The van der Waals surface area contributed by atoms with E-state index in [2.05, 4.69) is 14.9 Å². The van der Waals surface area contributed by atoms with E-state index in [4.69, 9.17) is 11.6 Å². The van der Waals surface area contributed by atoms with E-state index in [1.165, 1.54) is 12.1 Å². The molecule has 0 saturated heterocycles. The molecule has 0 radical (unpaired) electrons. The first-order chi connectivity index (χ1) is 14.0. The standard InChI is InChI=1S/C18H9ClF5N3O3/c19-12-7-3-10(4-8-12)9-1-5-11(6-2-9)17(20,21)14-13(25-27-26-14)15(28)30-16(29)18(22,23)24/h1-8H,(H,25,26,27). The van der Waals surface area contributed by atoms with Crippen LogP contribution < -0.4 is 0 Å². The zero-order chi connectivity index (χ0) is 22.1. The van der Waals surface area contributed by atoms with Gasteiger partial charge in [-0.15, -0.1) is 5.10 Å². The van der Waals surface area contributed by atoms with Gasteiger partial charge in [-0.2, -0.15) is 32.3 Å². The number of carbonyl (C=O) groups is 2. The van der Waals surface area contributed by atoms with Crippen molar-refractivity contribution in [3.8, 4) is 11.1 Å². The number of alkyl halides is 5. The van der Waals surface area contributed by atoms with Gasteiger partial charge in [-0.25, -0.2) is 9.59 Å². The molecule has 1 heterocycles. The van der Waals surface area contributed by atoms with E-state index >= 15 is 0 Å². The van der Waals surface area contributed by atoms with Gasteiger partial charge in [-0.1, -0.05) is 48.0 Å². The van der Waals surface area contributed by atoms with Crippen molar-refractivity contribution in [1.82, 2.24) is 15.4 Å². The smallest absolute Gasteiger partial charge is 0.381 e. The molecule has 156 valence electrons. The third-order valence-electron chi connectivity index (χ3n) is 3.88. The third kappa shape index (κ3) is 4.30. The first kappa shape index (κ1) is 21.4. The van der Waals surface area contributed by atoms with E-state index in [1.807, 2.05) is 0 Å². The van der Waals surface area contributed by atoms with E-state index < -0.39 is 41.0 Å². The van der Waals surface area contributed by atoms with Gasteiger partial charge in [0.05, 0.1) is 0 Å². The number of rotatable bonds is 4. The van der Waals surface area contributed by atoms with Gasteiger partial charge < -0.3 is 4.74 Å². The first-order valence-corrected chi connectivity index (χ1v) is 8.37. The molecule has 2 aromatic carbocycles. The van der Waals surface area contributed by atoms with Crippen molar-refractivity contribution in [2.45, 2.75) is 12.1 Å². The number of H-pyrrole nitrogens is 1. The summed E-state index contributed by atoms with van der Waals surface area (Å²) in [5.74, 6) is -8.81. The Bertz CT molecular complexity index is 1080. The molecule has 3 rings (SSSR count). The SMILES string of the molecule is O=C(OC(=O)C(F)(F)F)c1n[nH]nc1C(F)(F)c1ccc(-c2ccc(Cl)cc2)cc1. The minimum Gasteiger partial charge on any atom is -0.381 e. The third-order valence-corrected chi connectivity index (χ3v) is 4.13. The van der Waals surface area contributed by atoms with Crippen molar-refractivity contribution in [2.75, 3.05) is 0 Å². The summed E-state index contributed by atoms with van der Waals surface area (Å²) in [4.78, 5) is 22.5. The lowest BCUT2D eigenvalue weighted by atomic mass is 9.99. The average molecular weight is 446 g/mol. The molecular weight excluding hydrogens is 437 g/mol. The van der Waals surface area contributed by atoms with E-state index in [9.17, 15) is 31.5 Å². The maximum atomic E-state index is 14.8. The van der Waals surface area contributed by atoms with Gasteiger partial charge in [0.15, 0.2) is 5.69 Å². The Morgan fingerprint density at radius 1 is 0.867 bits per heavy atom. The Morgan fingerprint density at radius 3 is 1.93 bits per heavy atom. The Balaban J connectivity index is 1.87. The number of nitrogens with zero attached hydrogens (tertiary/aromatic N) is 2. The fourth-order valence-corrected chi connectivity index (χ4v) is 2.56. The maximum absolute atomic E-state index is 14.8. The van der Waals surface area contributed by atoms with Crippen LogP contribution in [0.5, 0.6) is 0 Å². The Kier molecular flexibility index (Phi) is 5.57. The van der Waals surface area contributed by atoms with Gasteiger partial charge in [-0.3, -0.25) is 0 Å². The molecule has 0 atom stereocenters. The predicted molar refractivity (Wildman–Crippen MR) is 92.7 cm³/mol. The van der Waals surface area contributed by atoms with Gasteiger partial charge in [-0.05, 0) is 23.3 Å². The van der Waals surface area contributed by atoms with Gasteiger partial charge in [0, 0.05) is 10.6 Å². The molecule has 0 unspecified atom stereocenters. The molecule has 12 heteroatoms. The molecule has 0 saturated carbocycles. The Hall–Kier alpha value is -3.34. The van der Waals surface area contributed by atoms with Gasteiger partial charge in [0.25, 0.3) is 0 Å². The van der Waals surface area contributed by atoms with Crippen LogP contribution in [-0.2, 0) is 15.5 Å². The van der Waals surface area contributed by atoms with Crippen LogP contribution >= 0.6 is 11.6 Å². The Morgan fingerprint density at radius 2 is 1.40 bits per heavy atom. The number of carbonyl (C=O) groups excluding carboxylic acids is 2. The maximum Gasteiger partial charge on any atom is 0.491 e. The lowest BCUT2D eigenvalue weighted by molar-refractivity contribution is -0.193. The summed E-state index contributed by atoms with van der Waals surface area (Å²) in [6.45, 7) is 0. The quantitative estimate of drug-likeness (QED) is 0.363. The monoisotopic (exact) mass is 445 g/mol. The molecule has 0 bridgehead atoms. The van der Waals surface area contributed by atoms with Crippen LogP contribution in [0.25, 0.3) is 11.1 Å². The summed E-state index contributed by atoms with van der Waals surface area (Å²) >= 11 is 5.80. The molecule has 0 fully saturated rings. The highest BCUT2D eigenvalue weighted by Crippen LogP contribution is 2.37.